The fourth-order valence-electron chi connectivity index (χ4n) is 2.44. The minimum absolute atomic E-state index is 0.0831. The van der Waals surface area contributed by atoms with Crippen molar-refractivity contribution in [2.24, 2.45) is 5.92 Å². The number of ether oxygens (including phenoxy) is 1. The Morgan fingerprint density at radius 2 is 1.94 bits per heavy atom. The first-order valence-corrected chi connectivity index (χ1v) is 6.04. The van der Waals surface area contributed by atoms with Gasteiger partial charge in [-0.2, -0.15) is 0 Å². The molecule has 0 aromatic rings. The molecule has 0 aromatic heterocycles. The molecule has 1 amide bonds. The third-order valence-electron chi connectivity index (χ3n) is 3.28. The van der Waals surface area contributed by atoms with Gasteiger partial charge < -0.3 is 9.84 Å². The maximum atomic E-state index is 12.0. The number of likely N-dealkylation sites (tertiary alicyclic amines) is 1. The Labute approximate surface area is 101 Å². The Balaban J connectivity index is 2.10. The second-order valence-corrected chi connectivity index (χ2v) is 5.88. The average Bonchev–Trinajstić information content (AvgIpc) is 2.90. The molecule has 1 saturated carbocycles. The van der Waals surface area contributed by atoms with Crippen molar-refractivity contribution in [2.45, 2.75) is 57.7 Å². The number of carbonyl (C=O) groups excluding carboxylic acids is 1. The van der Waals surface area contributed by atoms with E-state index in [2.05, 4.69) is 0 Å². The zero-order valence-corrected chi connectivity index (χ0v) is 10.5. The number of piperidine rings is 1. The fourth-order valence-corrected chi connectivity index (χ4v) is 2.44. The standard InChI is InChI=1S/C12H19NO4/c1-12(2,3)17-11(16)13-8(10(14)15)5-4-7-6-9(7)13/h7-9H,4-6H2,1-3H3,(H,14,15)/t7-,8+,9+/m0/s1. The number of hydrogen-bond acceptors (Lipinski definition) is 3. The van der Waals surface area contributed by atoms with Gasteiger partial charge >= 0.3 is 12.1 Å². The van der Waals surface area contributed by atoms with Crippen LogP contribution in [0.5, 0.6) is 0 Å². The molecule has 5 heteroatoms. The molecule has 1 heterocycles. The number of nitrogens with zero attached hydrogens (tertiary/aromatic N) is 1. The van der Waals surface area contributed by atoms with Crippen molar-refractivity contribution in [1.82, 2.24) is 4.90 Å². The lowest BCUT2D eigenvalue weighted by Gasteiger charge is -2.34. The summed E-state index contributed by atoms with van der Waals surface area (Å²) >= 11 is 0. The number of rotatable bonds is 1. The van der Waals surface area contributed by atoms with Crippen molar-refractivity contribution in [1.29, 1.82) is 0 Å². The molecule has 3 atom stereocenters. The van der Waals surface area contributed by atoms with Gasteiger partial charge in [-0.3, -0.25) is 4.90 Å². The summed E-state index contributed by atoms with van der Waals surface area (Å²) in [4.78, 5) is 24.6. The average molecular weight is 241 g/mol. The van der Waals surface area contributed by atoms with Crippen molar-refractivity contribution in [3.8, 4) is 0 Å². The van der Waals surface area contributed by atoms with E-state index in [0.717, 1.165) is 12.8 Å². The Bertz CT molecular complexity index is 347. The van der Waals surface area contributed by atoms with Crippen molar-refractivity contribution in [3.63, 3.8) is 0 Å². The van der Waals surface area contributed by atoms with Gasteiger partial charge in [-0.15, -0.1) is 0 Å². The SMILES string of the molecule is CC(C)(C)OC(=O)N1[C@@H](C(=O)O)CC[C@H]2C[C@H]21. The molecular formula is C12H19NO4. The minimum Gasteiger partial charge on any atom is -0.480 e. The van der Waals surface area contributed by atoms with E-state index < -0.39 is 23.7 Å². The molecule has 1 aliphatic carbocycles. The summed E-state index contributed by atoms with van der Waals surface area (Å²) in [5, 5.41) is 9.14. The predicted octanol–water partition coefficient (Wildman–Crippen LogP) is 1.86. The van der Waals surface area contributed by atoms with Gasteiger partial charge in [-0.1, -0.05) is 0 Å². The molecule has 96 valence electrons. The lowest BCUT2D eigenvalue weighted by molar-refractivity contribution is -0.144. The smallest absolute Gasteiger partial charge is 0.411 e. The van der Waals surface area contributed by atoms with Gasteiger partial charge in [0, 0.05) is 6.04 Å². The van der Waals surface area contributed by atoms with Gasteiger partial charge in [-0.25, -0.2) is 9.59 Å². The Hall–Kier alpha value is -1.26. The predicted molar refractivity (Wildman–Crippen MR) is 60.6 cm³/mol. The van der Waals surface area contributed by atoms with Gasteiger partial charge in [0.25, 0.3) is 0 Å². The van der Waals surface area contributed by atoms with E-state index in [4.69, 9.17) is 9.84 Å². The van der Waals surface area contributed by atoms with Gasteiger partial charge in [0.1, 0.15) is 11.6 Å². The van der Waals surface area contributed by atoms with E-state index in [-0.39, 0.29) is 6.04 Å². The summed E-state index contributed by atoms with van der Waals surface area (Å²) in [6.07, 6.45) is 1.87. The molecule has 1 N–H and O–H groups in total. The van der Waals surface area contributed by atoms with Crippen LogP contribution >= 0.6 is 0 Å². The van der Waals surface area contributed by atoms with Crippen LogP contribution in [-0.2, 0) is 9.53 Å². The van der Waals surface area contributed by atoms with Gasteiger partial charge in [0.05, 0.1) is 0 Å². The molecule has 0 unspecified atom stereocenters. The van der Waals surface area contributed by atoms with E-state index in [1.165, 1.54) is 4.90 Å². The maximum absolute atomic E-state index is 12.0. The third kappa shape index (κ3) is 2.53. The molecular weight excluding hydrogens is 222 g/mol. The number of carboxylic acid groups (broad SMARTS) is 1. The van der Waals surface area contributed by atoms with Crippen LogP contribution < -0.4 is 0 Å². The summed E-state index contributed by atoms with van der Waals surface area (Å²) in [5.74, 6) is -0.445. The van der Waals surface area contributed by atoms with Gasteiger partial charge in [-0.05, 0) is 46.0 Å². The monoisotopic (exact) mass is 241 g/mol. The number of carboxylic acids is 1. The number of aliphatic carboxylic acids is 1. The first-order valence-electron chi connectivity index (χ1n) is 6.04. The van der Waals surface area contributed by atoms with Crippen LogP contribution in [0.3, 0.4) is 0 Å². The molecule has 17 heavy (non-hydrogen) atoms. The first-order chi connectivity index (χ1) is 7.79. The summed E-state index contributed by atoms with van der Waals surface area (Å²) in [5.41, 5.74) is -0.581. The van der Waals surface area contributed by atoms with Crippen LogP contribution in [0.15, 0.2) is 0 Å². The van der Waals surface area contributed by atoms with E-state index in [1.54, 1.807) is 20.8 Å². The van der Waals surface area contributed by atoms with Crippen LogP contribution in [-0.4, -0.2) is 39.8 Å². The summed E-state index contributed by atoms with van der Waals surface area (Å²) in [7, 11) is 0. The molecule has 2 aliphatic rings. The van der Waals surface area contributed by atoms with Crippen molar-refractivity contribution in [3.05, 3.63) is 0 Å². The first kappa shape index (κ1) is 12.2. The number of carbonyl (C=O) groups is 2. The number of fused-ring (bicyclic) bond motifs is 1. The van der Waals surface area contributed by atoms with Crippen LogP contribution in [0.2, 0.25) is 0 Å². The third-order valence-corrected chi connectivity index (χ3v) is 3.28. The minimum atomic E-state index is -0.929. The molecule has 0 bridgehead atoms. The lowest BCUT2D eigenvalue weighted by Crippen LogP contribution is -2.50. The van der Waals surface area contributed by atoms with Crippen molar-refractivity contribution in [2.75, 3.05) is 0 Å². The van der Waals surface area contributed by atoms with E-state index in [0.29, 0.717) is 12.3 Å². The molecule has 2 rings (SSSR count). The Morgan fingerprint density at radius 3 is 2.47 bits per heavy atom. The molecule has 1 saturated heterocycles. The number of hydrogen-bond donors (Lipinski definition) is 1. The zero-order valence-electron chi connectivity index (χ0n) is 10.5. The Morgan fingerprint density at radius 1 is 1.29 bits per heavy atom. The molecule has 2 fully saturated rings. The van der Waals surface area contributed by atoms with Crippen LogP contribution in [0.4, 0.5) is 4.79 Å². The highest BCUT2D eigenvalue weighted by Crippen LogP contribution is 2.45. The summed E-state index contributed by atoms with van der Waals surface area (Å²) < 4.78 is 5.28. The quantitative estimate of drug-likeness (QED) is 0.761. The van der Waals surface area contributed by atoms with Crippen LogP contribution in [0.25, 0.3) is 0 Å². The molecule has 0 aromatic carbocycles. The highest BCUT2D eigenvalue weighted by molar-refractivity contribution is 5.81. The number of amides is 1. The maximum Gasteiger partial charge on any atom is 0.411 e. The normalized spacial score (nSPS) is 31.7. The highest BCUT2D eigenvalue weighted by Gasteiger charge is 2.53. The second kappa shape index (κ2) is 3.89. The molecule has 0 spiro atoms. The van der Waals surface area contributed by atoms with Crippen LogP contribution in [0, 0.1) is 5.92 Å². The topological polar surface area (TPSA) is 66.8 Å². The fraction of sp³-hybridized carbons (Fsp3) is 0.833. The second-order valence-electron chi connectivity index (χ2n) is 5.88. The largest absolute Gasteiger partial charge is 0.480 e. The molecule has 1 aliphatic heterocycles. The van der Waals surface area contributed by atoms with Crippen molar-refractivity contribution < 1.29 is 19.4 Å². The summed E-state index contributed by atoms with van der Waals surface area (Å²) in [6.45, 7) is 5.36. The molecule has 5 nitrogen and oxygen atoms in total. The van der Waals surface area contributed by atoms with Crippen molar-refractivity contribution >= 4 is 12.1 Å². The zero-order chi connectivity index (χ0) is 12.8. The lowest BCUT2D eigenvalue weighted by atomic mass is 10.0. The highest BCUT2D eigenvalue weighted by atomic mass is 16.6. The van der Waals surface area contributed by atoms with Gasteiger partial charge in [0.15, 0.2) is 0 Å². The van der Waals surface area contributed by atoms with E-state index in [9.17, 15) is 9.59 Å². The Kier molecular flexibility index (Phi) is 2.79. The van der Waals surface area contributed by atoms with E-state index in [1.807, 2.05) is 0 Å². The van der Waals surface area contributed by atoms with E-state index >= 15 is 0 Å². The molecule has 0 radical (unpaired) electrons. The van der Waals surface area contributed by atoms with Crippen LogP contribution in [0.1, 0.15) is 40.0 Å². The summed E-state index contributed by atoms with van der Waals surface area (Å²) in [6, 6.07) is -0.631. The van der Waals surface area contributed by atoms with Gasteiger partial charge in [0.2, 0.25) is 0 Å².